The number of fused-ring (bicyclic) bond motifs is 1. The fourth-order valence-electron chi connectivity index (χ4n) is 4.88. The summed E-state index contributed by atoms with van der Waals surface area (Å²) in [7, 11) is 0. The second-order valence-electron chi connectivity index (χ2n) is 9.98. The van der Waals surface area contributed by atoms with E-state index < -0.39 is 29.6 Å². The van der Waals surface area contributed by atoms with Crippen molar-refractivity contribution in [2.45, 2.75) is 51.6 Å². The molecule has 3 aromatic heterocycles. The van der Waals surface area contributed by atoms with Gasteiger partial charge in [-0.2, -0.15) is 13.2 Å². The van der Waals surface area contributed by atoms with Gasteiger partial charge in [-0.05, 0) is 63.1 Å². The molecule has 206 valence electrons. The summed E-state index contributed by atoms with van der Waals surface area (Å²) in [6.45, 7) is 4.01. The van der Waals surface area contributed by atoms with Crippen molar-refractivity contribution in [3.63, 3.8) is 0 Å². The molecule has 0 bridgehead atoms. The summed E-state index contributed by atoms with van der Waals surface area (Å²) in [6.07, 6.45) is -0.181. The Morgan fingerprint density at radius 1 is 1.21 bits per heavy atom. The quantitative estimate of drug-likeness (QED) is 0.332. The zero-order chi connectivity index (χ0) is 27.9. The number of halogens is 4. The molecule has 12 heteroatoms. The number of hydrogen-bond acceptors (Lipinski definition) is 6. The summed E-state index contributed by atoms with van der Waals surface area (Å²) < 4.78 is 47.4. The van der Waals surface area contributed by atoms with Crippen LogP contribution in [0.4, 0.5) is 13.2 Å². The third-order valence-electron chi connectivity index (χ3n) is 6.70. The third kappa shape index (κ3) is 5.90. The Kier molecular flexibility index (Phi) is 7.34. The zero-order valence-corrected chi connectivity index (χ0v) is 22.8. The van der Waals surface area contributed by atoms with E-state index in [-0.39, 0.29) is 6.54 Å². The second kappa shape index (κ2) is 10.4. The molecule has 7 nitrogen and oxygen atoms in total. The van der Waals surface area contributed by atoms with E-state index in [0.717, 1.165) is 57.6 Å². The Morgan fingerprint density at radius 3 is 2.72 bits per heavy atom. The largest absolute Gasteiger partial charge is 0.485 e. The molecule has 1 aliphatic rings. The van der Waals surface area contributed by atoms with Crippen LogP contribution in [0.1, 0.15) is 30.2 Å². The van der Waals surface area contributed by atoms with E-state index in [2.05, 4.69) is 17.2 Å². The van der Waals surface area contributed by atoms with Crippen LogP contribution >= 0.6 is 22.9 Å². The van der Waals surface area contributed by atoms with Crippen LogP contribution in [0.15, 0.2) is 52.3 Å². The first-order valence-electron chi connectivity index (χ1n) is 12.4. The van der Waals surface area contributed by atoms with Crippen LogP contribution in [0.3, 0.4) is 0 Å². The minimum atomic E-state index is -4.60. The molecule has 1 saturated heterocycles. The van der Waals surface area contributed by atoms with Crippen LogP contribution in [0, 0.1) is 6.92 Å². The van der Waals surface area contributed by atoms with Gasteiger partial charge >= 0.3 is 11.9 Å². The molecule has 1 atom stereocenters. The van der Waals surface area contributed by atoms with E-state index in [9.17, 15) is 22.8 Å². The minimum Gasteiger partial charge on any atom is -0.485 e. The van der Waals surface area contributed by atoms with Crippen LogP contribution in [-0.4, -0.2) is 39.0 Å². The SMILES string of the molecule is Cc1cc(Cl)cc(-c2ccnc3cc(Cn4c(=O)ccn(CC(F)(F)F)c4=O)sc23)c1OC1(C)CCCNC1. The standard InChI is InChI=1S/C27H26ClF3N4O3S/c1-16-10-17(28)11-20(23(16)38-26(2)6-3-7-32-14-26)19-4-8-33-21-12-18(39-24(19)21)13-35-22(36)5-9-34(25(35)37)15-27(29,30)31/h4-5,8-12,32H,3,6-7,13-15H2,1-2H3. The summed E-state index contributed by atoms with van der Waals surface area (Å²) in [5.74, 6) is 0.711. The maximum atomic E-state index is 12.9. The van der Waals surface area contributed by atoms with E-state index in [1.807, 2.05) is 25.1 Å². The molecule has 39 heavy (non-hydrogen) atoms. The van der Waals surface area contributed by atoms with Gasteiger partial charge in [0.2, 0.25) is 0 Å². The van der Waals surface area contributed by atoms with Gasteiger partial charge in [0.25, 0.3) is 5.56 Å². The van der Waals surface area contributed by atoms with Crippen molar-refractivity contribution in [2.24, 2.45) is 0 Å². The van der Waals surface area contributed by atoms with Crippen LogP contribution in [0.2, 0.25) is 5.02 Å². The van der Waals surface area contributed by atoms with Crippen molar-refractivity contribution < 1.29 is 17.9 Å². The Labute approximate surface area is 230 Å². The molecule has 4 heterocycles. The highest BCUT2D eigenvalue weighted by atomic mass is 35.5. The fraction of sp³-hybridized carbons (Fsp3) is 0.370. The zero-order valence-electron chi connectivity index (χ0n) is 21.3. The maximum Gasteiger partial charge on any atom is 0.406 e. The van der Waals surface area contributed by atoms with E-state index in [1.165, 1.54) is 11.3 Å². The number of aryl methyl sites for hydroxylation is 1. The lowest BCUT2D eigenvalue weighted by Gasteiger charge is -2.36. The number of ether oxygens (including phenoxy) is 1. The predicted octanol–water partition coefficient (Wildman–Crippen LogP) is 5.38. The average molecular weight is 579 g/mol. The molecular weight excluding hydrogens is 553 g/mol. The van der Waals surface area contributed by atoms with Crippen molar-refractivity contribution in [3.05, 3.63) is 79.0 Å². The highest BCUT2D eigenvalue weighted by molar-refractivity contribution is 7.19. The Balaban J connectivity index is 1.57. The van der Waals surface area contributed by atoms with Gasteiger partial charge in [0, 0.05) is 46.0 Å². The lowest BCUT2D eigenvalue weighted by Crippen LogP contribution is -2.47. The predicted molar refractivity (Wildman–Crippen MR) is 146 cm³/mol. The molecule has 0 aliphatic carbocycles. The van der Waals surface area contributed by atoms with E-state index in [4.69, 9.17) is 16.3 Å². The van der Waals surface area contributed by atoms with Crippen molar-refractivity contribution in [1.29, 1.82) is 0 Å². The van der Waals surface area contributed by atoms with E-state index in [1.54, 1.807) is 12.3 Å². The number of rotatable bonds is 6. The first-order valence-corrected chi connectivity index (χ1v) is 13.6. The van der Waals surface area contributed by atoms with Gasteiger partial charge < -0.3 is 10.1 Å². The first kappa shape index (κ1) is 27.4. The molecule has 1 N–H and O–H groups in total. The normalized spacial score (nSPS) is 18.0. The highest BCUT2D eigenvalue weighted by Crippen LogP contribution is 2.43. The van der Waals surface area contributed by atoms with Gasteiger partial charge in [-0.15, -0.1) is 11.3 Å². The van der Waals surface area contributed by atoms with Crippen LogP contribution in [0.25, 0.3) is 21.3 Å². The number of benzene rings is 1. The van der Waals surface area contributed by atoms with Gasteiger partial charge in [-0.25, -0.2) is 4.79 Å². The van der Waals surface area contributed by atoms with Gasteiger partial charge in [-0.3, -0.25) is 18.9 Å². The molecule has 1 aromatic carbocycles. The molecular formula is C27H26ClF3N4O3S. The van der Waals surface area contributed by atoms with E-state index in [0.29, 0.717) is 32.3 Å². The molecule has 0 spiro atoms. The molecule has 0 amide bonds. The van der Waals surface area contributed by atoms with Gasteiger partial charge in [-0.1, -0.05) is 11.6 Å². The number of nitrogens with one attached hydrogen (secondary N) is 1. The fourth-order valence-corrected chi connectivity index (χ4v) is 6.28. The van der Waals surface area contributed by atoms with Gasteiger partial charge in [0.05, 0.1) is 16.8 Å². The van der Waals surface area contributed by atoms with Crippen molar-refractivity contribution in [1.82, 2.24) is 19.4 Å². The minimum absolute atomic E-state index is 0.182. The van der Waals surface area contributed by atoms with Crippen LogP contribution in [-0.2, 0) is 13.1 Å². The maximum absolute atomic E-state index is 12.9. The van der Waals surface area contributed by atoms with Gasteiger partial charge in [0.15, 0.2) is 0 Å². The summed E-state index contributed by atoms with van der Waals surface area (Å²) in [4.78, 5) is 30.2. The summed E-state index contributed by atoms with van der Waals surface area (Å²) in [6, 6.07) is 8.25. The molecule has 0 saturated carbocycles. The molecule has 4 aromatic rings. The molecule has 0 radical (unpaired) electrons. The second-order valence-corrected chi connectivity index (χ2v) is 11.6. The lowest BCUT2D eigenvalue weighted by molar-refractivity contribution is -0.141. The number of hydrogen-bond donors (Lipinski definition) is 1. The number of nitrogens with zero attached hydrogens (tertiary/aromatic N) is 3. The summed E-state index contributed by atoms with van der Waals surface area (Å²) in [5, 5.41) is 3.94. The average Bonchev–Trinajstić information content (AvgIpc) is 3.28. The van der Waals surface area contributed by atoms with Crippen molar-refractivity contribution in [2.75, 3.05) is 13.1 Å². The highest BCUT2D eigenvalue weighted by Gasteiger charge is 2.31. The smallest absolute Gasteiger partial charge is 0.406 e. The summed E-state index contributed by atoms with van der Waals surface area (Å²) >= 11 is 7.79. The number of alkyl halides is 3. The Morgan fingerprint density at radius 2 is 2.00 bits per heavy atom. The monoisotopic (exact) mass is 578 g/mol. The molecule has 1 fully saturated rings. The van der Waals surface area contributed by atoms with Gasteiger partial charge in [0.1, 0.15) is 17.9 Å². The number of thiophene rings is 1. The van der Waals surface area contributed by atoms with Crippen LogP contribution < -0.4 is 21.3 Å². The third-order valence-corrected chi connectivity index (χ3v) is 8.06. The molecule has 1 unspecified atom stereocenters. The first-order chi connectivity index (χ1) is 18.4. The Hall–Kier alpha value is -3.15. The van der Waals surface area contributed by atoms with E-state index >= 15 is 0 Å². The van der Waals surface area contributed by atoms with Crippen LogP contribution in [0.5, 0.6) is 5.75 Å². The topological polar surface area (TPSA) is 78.2 Å². The summed E-state index contributed by atoms with van der Waals surface area (Å²) in [5.41, 5.74) is 1.01. The van der Waals surface area contributed by atoms with Crippen molar-refractivity contribution >= 4 is 33.2 Å². The number of aromatic nitrogens is 3. The lowest BCUT2D eigenvalue weighted by atomic mass is 9.95. The number of piperidine rings is 1. The molecule has 5 rings (SSSR count). The Bertz CT molecular complexity index is 1660. The number of pyridine rings is 1. The van der Waals surface area contributed by atoms with Crippen molar-refractivity contribution in [3.8, 4) is 16.9 Å². The molecule has 1 aliphatic heterocycles.